The molecule has 0 saturated carbocycles. The number of anilines is 6. The van der Waals surface area contributed by atoms with Crippen LogP contribution in [0.3, 0.4) is 0 Å². The van der Waals surface area contributed by atoms with E-state index in [-0.39, 0.29) is 50.0 Å². The second-order valence-electron chi connectivity index (χ2n) is 28.6. The summed E-state index contributed by atoms with van der Waals surface area (Å²) in [6.45, 7) is 43.9. The fourth-order valence-electron chi connectivity index (χ4n) is 13.7. The van der Waals surface area contributed by atoms with Gasteiger partial charge in [0.2, 0.25) is 0 Å². The Kier molecular flexibility index (Phi) is 10.0. The zero-order valence-electron chi connectivity index (χ0n) is 46.3. The van der Waals surface area contributed by atoms with E-state index < -0.39 is 0 Å². The van der Waals surface area contributed by atoms with Gasteiger partial charge in [-0.3, -0.25) is 0 Å². The van der Waals surface area contributed by atoms with Crippen LogP contribution in [-0.4, -0.2) is 6.71 Å². The first-order chi connectivity index (χ1) is 32.4. The predicted octanol–water partition coefficient (Wildman–Crippen LogP) is 16.7. The Bertz CT molecular complexity index is 3140. The largest absolute Gasteiger partial charge is 0.472 e. The van der Waals surface area contributed by atoms with E-state index >= 15 is 0 Å². The molecule has 11 rings (SSSR count). The lowest BCUT2D eigenvalue weighted by Gasteiger charge is -2.50. The molecule has 0 atom stereocenters. The highest BCUT2D eigenvalue weighted by Gasteiger charge is 2.55. The lowest BCUT2D eigenvalue weighted by atomic mass is 9.34. The van der Waals surface area contributed by atoms with Crippen LogP contribution in [0.2, 0.25) is 0 Å². The highest BCUT2D eigenvalue weighted by atomic mass is 16.3. The van der Waals surface area contributed by atoms with E-state index in [1.165, 1.54) is 114 Å². The van der Waals surface area contributed by atoms with Crippen LogP contribution in [-0.2, 0) is 43.3 Å². The Morgan fingerprint density at radius 1 is 0.457 bits per heavy atom. The van der Waals surface area contributed by atoms with Gasteiger partial charge in [0, 0.05) is 39.3 Å². The van der Waals surface area contributed by atoms with Crippen molar-refractivity contribution in [2.75, 3.05) is 9.80 Å². The minimum absolute atomic E-state index is 0.0311. The third-order valence-electron chi connectivity index (χ3n) is 18.6. The van der Waals surface area contributed by atoms with Gasteiger partial charge in [-0.15, -0.1) is 0 Å². The van der Waals surface area contributed by atoms with Crippen molar-refractivity contribution >= 4 is 57.4 Å². The molecule has 0 spiro atoms. The van der Waals surface area contributed by atoms with E-state index in [9.17, 15) is 0 Å². The van der Waals surface area contributed by atoms with E-state index in [0.717, 1.165) is 31.3 Å². The first-order valence-corrected chi connectivity index (χ1v) is 26.9. The Morgan fingerprint density at radius 2 is 1.00 bits per heavy atom. The number of furan rings is 1. The minimum atomic E-state index is -0.145. The first-order valence-electron chi connectivity index (χ1n) is 26.9. The Hall–Kier alpha value is -4.96. The normalized spacial score (nSPS) is 20.7. The van der Waals surface area contributed by atoms with E-state index in [2.05, 4.69) is 225 Å². The molecule has 2 aliphatic heterocycles. The number of nitrogens with zero attached hydrogens (tertiary/aromatic N) is 2. The quantitative estimate of drug-likeness (QED) is 0.165. The molecule has 0 amide bonds. The minimum Gasteiger partial charge on any atom is -0.472 e. The van der Waals surface area contributed by atoms with Crippen LogP contribution >= 0.6 is 0 Å². The van der Waals surface area contributed by atoms with Crippen LogP contribution in [0.5, 0.6) is 0 Å². The van der Waals surface area contributed by atoms with Crippen molar-refractivity contribution in [2.45, 2.75) is 206 Å². The van der Waals surface area contributed by atoms with Crippen molar-refractivity contribution in [2.24, 2.45) is 0 Å². The highest BCUT2D eigenvalue weighted by molar-refractivity contribution is 6.99. The van der Waals surface area contributed by atoms with E-state index in [0.29, 0.717) is 0 Å². The SMILES string of the molecule is CC(C)(C)c1ccc(N2c3cc(C(C)(C)C)cc4c3B(c3ccc5c(c3N4c3ccc4c(c3)C(C)(C)CCC4(C)C)C(C)(C)CCC5(C)C)c3oc4c(c32)C(C)(C)CCC4(C)C)c(-c2ccccc2)c1. The van der Waals surface area contributed by atoms with Gasteiger partial charge in [-0.25, -0.2) is 0 Å². The molecule has 70 heavy (non-hydrogen) atoms. The second kappa shape index (κ2) is 14.8. The second-order valence-corrected chi connectivity index (χ2v) is 28.6. The fourth-order valence-corrected chi connectivity index (χ4v) is 13.7. The van der Waals surface area contributed by atoms with Gasteiger partial charge >= 0.3 is 0 Å². The van der Waals surface area contributed by atoms with Gasteiger partial charge < -0.3 is 14.2 Å². The van der Waals surface area contributed by atoms with Gasteiger partial charge in [0.1, 0.15) is 5.76 Å². The van der Waals surface area contributed by atoms with Crippen LogP contribution in [0.4, 0.5) is 34.1 Å². The molecule has 3 nitrogen and oxygen atoms in total. The highest BCUT2D eigenvalue weighted by Crippen LogP contribution is 2.59. The topological polar surface area (TPSA) is 19.6 Å². The molecule has 0 fully saturated rings. The van der Waals surface area contributed by atoms with Crippen LogP contribution in [0.1, 0.15) is 208 Å². The molecule has 6 aromatic rings. The number of fused-ring (bicyclic) bond motifs is 9. The van der Waals surface area contributed by atoms with Gasteiger partial charge in [0.05, 0.1) is 17.0 Å². The summed E-state index contributed by atoms with van der Waals surface area (Å²) in [4.78, 5) is 5.49. The van der Waals surface area contributed by atoms with Crippen LogP contribution < -0.4 is 26.4 Å². The van der Waals surface area contributed by atoms with Gasteiger partial charge in [-0.1, -0.05) is 179 Å². The Balaban J connectivity index is 1.34. The maximum absolute atomic E-state index is 7.90. The smallest absolute Gasteiger partial charge is 0.297 e. The molecule has 0 unspecified atom stereocenters. The average molecular weight is 929 g/mol. The molecule has 3 heterocycles. The maximum atomic E-state index is 7.90. The Labute approximate surface area is 423 Å². The molecule has 0 radical (unpaired) electrons. The maximum Gasteiger partial charge on any atom is 0.297 e. The number of hydrogen-bond donors (Lipinski definition) is 0. The first kappa shape index (κ1) is 47.4. The van der Waals surface area contributed by atoms with Gasteiger partial charge in [-0.05, 0) is 163 Å². The summed E-state index contributed by atoms with van der Waals surface area (Å²) in [6.07, 6.45) is 6.84. The van der Waals surface area contributed by atoms with Crippen molar-refractivity contribution in [1.82, 2.24) is 0 Å². The number of rotatable bonds is 3. The van der Waals surface area contributed by atoms with Crippen LogP contribution in [0, 0.1) is 0 Å². The van der Waals surface area contributed by atoms with Gasteiger partial charge in [-0.2, -0.15) is 0 Å². The fraction of sp³-hybridized carbons (Fsp3) is 0.485. The van der Waals surface area contributed by atoms with Gasteiger partial charge in [0.25, 0.3) is 6.71 Å². The molecule has 1 aromatic heterocycles. The summed E-state index contributed by atoms with van der Waals surface area (Å²) in [6, 6.07) is 36.4. The van der Waals surface area contributed by atoms with Crippen molar-refractivity contribution in [3.8, 4) is 11.1 Å². The van der Waals surface area contributed by atoms with Gasteiger partial charge in [0.15, 0.2) is 0 Å². The predicted molar refractivity (Wildman–Crippen MR) is 301 cm³/mol. The summed E-state index contributed by atoms with van der Waals surface area (Å²) in [5.41, 5.74) is 23.8. The van der Waals surface area contributed by atoms with E-state index in [1.807, 2.05) is 0 Å². The van der Waals surface area contributed by atoms with Crippen molar-refractivity contribution in [1.29, 1.82) is 0 Å². The third-order valence-corrected chi connectivity index (χ3v) is 18.6. The van der Waals surface area contributed by atoms with E-state index in [1.54, 1.807) is 0 Å². The Morgan fingerprint density at radius 3 is 1.63 bits per heavy atom. The monoisotopic (exact) mass is 929 g/mol. The lowest BCUT2D eigenvalue weighted by molar-refractivity contribution is 0.282. The molecular weight excluding hydrogens is 848 g/mol. The average Bonchev–Trinajstić information content (AvgIpc) is 3.71. The summed E-state index contributed by atoms with van der Waals surface area (Å²) in [7, 11) is 0. The summed E-state index contributed by atoms with van der Waals surface area (Å²) in [5, 5.41) is 0. The molecule has 5 aromatic carbocycles. The van der Waals surface area contributed by atoms with Crippen molar-refractivity contribution < 1.29 is 4.42 Å². The summed E-state index contributed by atoms with van der Waals surface area (Å²) >= 11 is 0. The molecule has 0 saturated heterocycles. The molecule has 4 heteroatoms. The molecule has 0 N–H and O–H groups in total. The standard InChI is InChI=1S/C66H81BN2O/c1-59(2,3)41-24-29-49(44(36-41)40-22-20-19-21-23-40)69-51-38-42(60(4,5)6)37-50-54(51)67(58-56(69)53-57(70-58)66(17,18)35-34-65(53,15)16)48-28-27-46-52(64(13,14)33-32-62(46,9)10)55(48)68(50)43-25-26-45-47(39-43)63(11,12)31-30-61(45,7)8/h19-29,36-39H,30-35H2,1-18H3. The van der Waals surface area contributed by atoms with Crippen LogP contribution in [0.15, 0.2) is 95.4 Å². The zero-order chi connectivity index (χ0) is 50.3. The lowest BCUT2D eigenvalue weighted by Crippen LogP contribution is -2.62. The molecule has 0 bridgehead atoms. The summed E-state index contributed by atoms with van der Waals surface area (Å²) in [5.74, 6) is 1.17. The third kappa shape index (κ3) is 6.94. The van der Waals surface area contributed by atoms with Crippen molar-refractivity contribution in [3.63, 3.8) is 0 Å². The number of hydrogen-bond acceptors (Lipinski definition) is 3. The van der Waals surface area contributed by atoms with Crippen molar-refractivity contribution in [3.05, 3.63) is 136 Å². The number of benzene rings is 5. The summed E-state index contributed by atoms with van der Waals surface area (Å²) < 4.78 is 7.90. The molecule has 5 aliphatic rings. The molecular formula is C66H81BN2O. The molecule has 364 valence electrons. The van der Waals surface area contributed by atoms with E-state index in [4.69, 9.17) is 4.42 Å². The zero-order valence-corrected chi connectivity index (χ0v) is 46.3. The molecule has 3 aliphatic carbocycles. The van der Waals surface area contributed by atoms with Crippen LogP contribution in [0.25, 0.3) is 11.1 Å².